The van der Waals surface area contributed by atoms with E-state index in [1.54, 1.807) is 6.08 Å². The van der Waals surface area contributed by atoms with Gasteiger partial charge in [-0.1, -0.05) is 6.08 Å². The van der Waals surface area contributed by atoms with Gasteiger partial charge in [-0.25, -0.2) is 4.79 Å². The fourth-order valence-corrected chi connectivity index (χ4v) is 0.283. The number of hydrogen-bond donors (Lipinski definition) is 4. The van der Waals surface area contributed by atoms with Crippen LogP contribution in [-0.2, 0) is 0 Å². The van der Waals surface area contributed by atoms with Crippen LogP contribution in [0.2, 0.25) is 0 Å². The molecule has 0 saturated carbocycles. The fourth-order valence-electron chi connectivity index (χ4n) is 0.283. The van der Waals surface area contributed by atoms with E-state index in [9.17, 15) is 0 Å². The Morgan fingerprint density at radius 2 is 2.00 bits per heavy atom. The Hall–Kier alpha value is -1.07. The van der Waals surface area contributed by atoms with Gasteiger partial charge in [-0.2, -0.15) is 0 Å². The number of nitrogens with one attached hydrogen (secondary N) is 1. The van der Waals surface area contributed by atoms with Gasteiger partial charge in [0.05, 0.1) is 6.61 Å². The molecule has 0 unspecified atom stereocenters. The second-order valence-corrected chi connectivity index (χ2v) is 1.50. The third-order valence-corrected chi connectivity index (χ3v) is 0.577. The van der Waals surface area contributed by atoms with Crippen LogP contribution in [0.15, 0.2) is 12.7 Å². The zero-order valence-electron chi connectivity index (χ0n) is 6.16. The van der Waals surface area contributed by atoms with E-state index in [0.717, 1.165) is 6.54 Å². The molecule has 0 aromatic heterocycles. The Bertz CT molecular complexity index is 101. The molecular weight excluding hydrogens is 150 g/mol. The highest BCUT2D eigenvalue weighted by Crippen LogP contribution is 1.57. The highest BCUT2D eigenvalue weighted by atomic mass is 16.6. The van der Waals surface area contributed by atoms with Crippen LogP contribution in [-0.4, -0.2) is 41.2 Å². The van der Waals surface area contributed by atoms with Gasteiger partial charge in [-0.3, -0.25) is 0 Å². The van der Waals surface area contributed by atoms with Crippen molar-refractivity contribution in [3.8, 4) is 0 Å². The molecule has 0 heterocycles. The summed E-state index contributed by atoms with van der Waals surface area (Å²) in [6.45, 7) is 5.13. The first kappa shape index (κ1) is 12.6. The summed E-state index contributed by atoms with van der Waals surface area (Å²) in [6.07, 6.45) is -0.0737. The number of carboxylic acid groups (broad SMARTS) is 2. The predicted octanol–water partition coefficient (Wildman–Crippen LogP) is -0.0233. The van der Waals surface area contributed by atoms with Crippen molar-refractivity contribution in [1.29, 1.82) is 0 Å². The first-order chi connectivity index (χ1) is 5.15. The second kappa shape index (κ2) is 11.7. The number of aliphatic hydroxyl groups excluding tert-OH is 1. The van der Waals surface area contributed by atoms with E-state index in [1.807, 2.05) is 0 Å². The molecule has 0 amide bonds. The van der Waals surface area contributed by atoms with Crippen molar-refractivity contribution < 1.29 is 20.1 Å². The van der Waals surface area contributed by atoms with Gasteiger partial charge >= 0.3 is 6.16 Å². The highest BCUT2D eigenvalue weighted by molar-refractivity contribution is 5.53. The molecule has 0 aliphatic heterocycles. The van der Waals surface area contributed by atoms with Gasteiger partial charge in [0.15, 0.2) is 0 Å². The van der Waals surface area contributed by atoms with Crippen LogP contribution in [0.3, 0.4) is 0 Å². The Morgan fingerprint density at radius 3 is 2.27 bits per heavy atom. The number of carbonyl (C=O) groups is 1. The summed E-state index contributed by atoms with van der Waals surface area (Å²) in [6, 6.07) is 0. The molecule has 0 spiro atoms. The molecule has 0 radical (unpaired) electrons. The van der Waals surface area contributed by atoms with E-state index in [1.165, 1.54) is 0 Å². The second-order valence-electron chi connectivity index (χ2n) is 1.50. The van der Waals surface area contributed by atoms with Gasteiger partial charge in [0.25, 0.3) is 0 Å². The van der Waals surface area contributed by atoms with E-state index >= 15 is 0 Å². The van der Waals surface area contributed by atoms with Crippen molar-refractivity contribution in [2.75, 3.05) is 19.7 Å². The maximum absolute atomic E-state index is 8.56. The van der Waals surface area contributed by atoms with Crippen molar-refractivity contribution in [2.24, 2.45) is 0 Å². The van der Waals surface area contributed by atoms with Gasteiger partial charge in [0, 0.05) is 13.1 Å². The first-order valence-corrected chi connectivity index (χ1v) is 2.99. The lowest BCUT2D eigenvalue weighted by Crippen LogP contribution is -2.17. The van der Waals surface area contributed by atoms with Gasteiger partial charge in [0.2, 0.25) is 0 Å². The third kappa shape index (κ3) is 50.0. The molecular formula is C6H13NO4. The molecule has 5 heteroatoms. The average molecular weight is 163 g/mol. The van der Waals surface area contributed by atoms with Crippen LogP contribution < -0.4 is 5.32 Å². The van der Waals surface area contributed by atoms with Crippen LogP contribution >= 0.6 is 0 Å². The fraction of sp³-hybridized carbons (Fsp3) is 0.500. The molecule has 66 valence electrons. The maximum Gasteiger partial charge on any atom is 0.503 e. The predicted molar refractivity (Wildman–Crippen MR) is 40.8 cm³/mol. The monoisotopic (exact) mass is 163 g/mol. The van der Waals surface area contributed by atoms with Gasteiger partial charge in [-0.15, -0.1) is 6.58 Å². The molecule has 0 saturated heterocycles. The Labute approximate surface area is 65.0 Å². The van der Waals surface area contributed by atoms with Crippen molar-refractivity contribution in [3.63, 3.8) is 0 Å². The standard InChI is InChI=1S/C5H11NO.CH2O3/c1-2-3-6-4-5-7;2-1(3)4/h2,6-7H,1,3-5H2;(H2,2,3,4). The van der Waals surface area contributed by atoms with Gasteiger partial charge in [0.1, 0.15) is 0 Å². The lowest BCUT2D eigenvalue weighted by molar-refractivity contribution is 0.137. The van der Waals surface area contributed by atoms with Gasteiger partial charge < -0.3 is 20.6 Å². The van der Waals surface area contributed by atoms with Crippen molar-refractivity contribution in [3.05, 3.63) is 12.7 Å². The van der Waals surface area contributed by atoms with Crippen molar-refractivity contribution >= 4 is 6.16 Å². The zero-order chi connectivity index (χ0) is 9.11. The minimum Gasteiger partial charge on any atom is -0.450 e. The molecule has 0 rings (SSSR count). The molecule has 4 N–H and O–H groups in total. The van der Waals surface area contributed by atoms with Gasteiger partial charge in [-0.05, 0) is 0 Å². The van der Waals surface area contributed by atoms with E-state index in [4.69, 9.17) is 20.1 Å². The quantitative estimate of drug-likeness (QED) is 0.345. The van der Waals surface area contributed by atoms with E-state index in [2.05, 4.69) is 11.9 Å². The summed E-state index contributed by atoms with van der Waals surface area (Å²) in [4.78, 5) is 8.56. The van der Waals surface area contributed by atoms with E-state index in [0.29, 0.717) is 6.54 Å². The van der Waals surface area contributed by atoms with Crippen LogP contribution in [0.1, 0.15) is 0 Å². The lowest BCUT2D eigenvalue weighted by Gasteiger charge is -1.92. The van der Waals surface area contributed by atoms with E-state index in [-0.39, 0.29) is 6.61 Å². The average Bonchev–Trinajstić information content (AvgIpc) is 1.88. The number of rotatable bonds is 4. The summed E-state index contributed by atoms with van der Waals surface area (Å²) >= 11 is 0. The Balaban J connectivity index is 0. The molecule has 0 atom stereocenters. The summed E-state index contributed by atoms with van der Waals surface area (Å²) in [5.74, 6) is 0. The molecule has 0 fully saturated rings. The largest absolute Gasteiger partial charge is 0.503 e. The smallest absolute Gasteiger partial charge is 0.450 e. The number of hydrogen-bond acceptors (Lipinski definition) is 3. The molecule has 0 aliphatic carbocycles. The third-order valence-electron chi connectivity index (χ3n) is 0.577. The summed E-state index contributed by atoms with van der Waals surface area (Å²) in [5.41, 5.74) is 0. The van der Waals surface area contributed by atoms with Crippen LogP contribution in [0.4, 0.5) is 4.79 Å². The van der Waals surface area contributed by atoms with Crippen LogP contribution in [0.25, 0.3) is 0 Å². The Kier molecular flexibility index (Phi) is 13.4. The normalized spacial score (nSPS) is 7.73. The molecule has 0 aromatic rings. The molecule has 0 aliphatic rings. The summed E-state index contributed by atoms with van der Waals surface area (Å²) in [5, 5.41) is 25.1. The summed E-state index contributed by atoms with van der Waals surface area (Å²) < 4.78 is 0. The minimum absolute atomic E-state index is 0.202. The Morgan fingerprint density at radius 1 is 1.55 bits per heavy atom. The minimum atomic E-state index is -1.83. The van der Waals surface area contributed by atoms with Crippen LogP contribution in [0.5, 0.6) is 0 Å². The van der Waals surface area contributed by atoms with E-state index < -0.39 is 6.16 Å². The first-order valence-electron chi connectivity index (χ1n) is 2.99. The van der Waals surface area contributed by atoms with Crippen molar-refractivity contribution in [1.82, 2.24) is 5.32 Å². The highest BCUT2D eigenvalue weighted by Gasteiger charge is 1.74. The zero-order valence-corrected chi connectivity index (χ0v) is 6.16. The molecule has 0 bridgehead atoms. The topological polar surface area (TPSA) is 89.8 Å². The number of aliphatic hydroxyl groups is 1. The summed E-state index contributed by atoms with van der Waals surface area (Å²) in [7, 11) is 0. The maximum atomic E-state index is 8.56. The molecule has 5 nitrogen and oxygen atoms in total. The lowest BCUT2D eigenvalue weighted by atomic mass is 10.6. The molecule has 0 aromatic carbocycles. The molecule has 11 heavy (non-hydrogen) atoms. The van der Waals surface area contributed by atoms with Crippen LogP contribution in [0, 0.1) is 0 Å². The SMILES string of the molecule is C=CCNCCO.O=C(O)O. The van der Waals surface area contributed by atoms with Crippen molar-refractivity contribution in [2.45, 2.75) is 0 Å².